The minimum absolute atomic E-state index is 0.106. The molecule has 12 heteroatoms. The van der Waals surface area contributed by atoms with Crippen molar-refractivity contribution in [2.75, 3.05) is 18.5 Å². The number of pyridine rings is 1. The Balaban J connectivity index is 1.63. The molecule has 26 heavy (non-hydrogen) atoms. The number of alkyl halides is 3. The highest BCUT2D eigenvalue weighted by Crippen LogP contribution is 2.34. The van der Waals surface area contributed by atoms with E-state index in [1.807, 2.05) is 0 Å². The summed E-state index contributed by atoms with van der Waals surface area (Å²) in [6.45, 7) is -0.0132. The lowest BCUT2D eigenvalue weighted by Gasteiger charge is -2.12. The first-order chi connectivity index (χ1) is 12.4. The average molecular weight is 368 g/mol. The van der Waals surface area contributed by atoms with Crippen molar-refractivity contribution in [1.82, 2.24) is 19.6 Å². The van der Waals surface area contributed by atoms with E-state index in [0.717, 1.165) is 16.8 Å². The highest BCUT2D eigenvalue weighted by atomic mass is 19.4. The Morgan fingerprint density at radius 2 is 2.08 bits per heavy atom. The van der Waals surface area contributed by atoms with Crippen molar-refractivity contribution in [3.63, 3.8) is 0 Å². The first-order valence-corrected chi connectivity index (χ1v) is 7.24. The predicted octanol–water partition coefficient (Wildman–Crippen LogP) is 2.54. The van der Waals surface area contributed by atoms with Crippen molar-refractivity contribution in [2.45, 2.75) is 6.18 Å². The molecule has 0 radical (unpaired) electrons. The number of hydrogen-bond acceptors (Lipinski definition) is 7. The van der Waals surface area contributed by atoms with Crippen LogP contribution in [0.4, 0.5) is 24.8 Å². The van der Waals surface area contributed by atoms with Crippen LogP contribution in [0.2, 0.25) is 0 Å². The molecule has 0 bridgehead atoms. The van der Waals surface area contributed by atoms with Crippen LogP contribution in [0.25, 0.3) is 5.65 Å². The summed E-state index contributed by atoms with van der Waals surface area (Å²) in [4.78, 5) is 17.7. The molecule has 0 spiro atoms. The predicted molar refractivity (Wildman–Crippen MR) is 82.9 cm³/mol. The minimum Gasteiger partial charge on any atom is -0.475 e. The van der Waals surface area contributed by atoms with Crippen LogP contribution < -0.4 is 10.1 Å². The fraction of sp³-hybridized carbons (Fsp3) is 0.214. The summed E-state index contributed by atoms with van der Waals surface area (Å²) in [7, 11) is 0. The fourth-order valence-corrected chi connectivity index (χ4v) is 2.13. The maximum absolute atomic E-state index is 12.8. The van der Waals surface area contributed by atoms with Gasteiger partial charge in [0.2, 0.25) is 11.5 Å². The summed E-state index contributed by atoms with van der Waals surface area (Å²) in [6, 6.07) is 5.10. The number of rotatable bonds is 6. The minimum atomic E-state index is -4.57. The van der Waals surface area contributed by atoms with Crippen LogP contribution in [-0.2, 0) is 6.18 Å². The largest absolute Gasteiger partial charge is 0.475 e. The number of fused-ring (bicyclic) bond motifs is 1. The van der Waals surface area contributed by atoms with Crippen molar-refractivity contribution >= 4 is 17.3 Å². The number of halogens is 3. The molecule has 0 aliphatic carbocycles. The van der Waals surface area contributed by atoms with E-state index in [0.29, 0.717) is 5.65 Å². The molecule has 0 aliphatic heterocycles. The summed E-state index contributed by atoms with van der Waals surface area (Å²) in [6.07, 6.45) is -2.29. The highest BCUT2D eigenvalue weighted by Gasteiger charge is 2.35. The SMILES string of the molecule is O=[N+]([O-])c1cnc2ccc(NCCOc3ncccc3C(F)(F)F)nn12. The van der Waals surface area contributed by atoms with Gasteiger partial charge in [-0.2, -0.15) is 13.2 Å². The third kappa shape index (κ3) is 3.63. The van der Waals surface area contributed by atoms with Crippen molar-refractivity contribution < 1.29 is 22.8 Å². The molecule has 0 aromatic carbocycles. The third-order valence-corrected chi connectivity index (χ3v) is 3.25. The number of imidazole rings is 1. The van der Waals surface area contributed by atoms with E-state index in [1.54, 1.807) is 0 Å². The van der Waals surface area contributed by atoms with E-state index in [1.165, 1.54) is 24.4 Å². The van der Waals surface area contributed by atoms with Crippen molar-refractivity contribution in [2.24, 2.45) is 0 Å². The van der Waals surface area contributed by atoms with Gasteiger partial charge >= 0.3 is 12.0 Å². The zero-order valence-corrected chi connectivity index (χ0v) is 13.0. The highest BCUT2D eigenvalue weighted by molar-refractivity contribution is 5.48. The number of hydrogen-bond donors (Lipinski definition) is 1. The Bertz CT molecular complexity index is 943. The normalized spacial score (nSPS) is 11.5. The number of nitrogens with one attached hydrogen (secondary N) is 1. The molecule has 0 saturated heterocycles. The molecule has 0 saturated carbocycles. The Morgan fingerprint density at radius 3 is 2.81 bits per heavy atom. The molecule has 3 rings (SSSR count). The van der Waals surface area contributed by atoms with Gasteiger partial charge in [-0.15, -0.1) is 0 Å². The zero-order valence-electron chi connectivity index (χ0n) is 13.0. The van der Waals surface area contributed by atoms with Crippen LogP contribution in [0, 0.1) is 10.1 Å². The lowest BCUT2D eigenvalue weighted by Crippen LogP contribution is -2.16. The zero-order chi connectivity index (χ0) is 18.7. The van der Waals surface area contributed by atoms with Gasteiger partial charge in [-0.3, -0.25) is 0 Å². The molecule has 0 atom stereocenters. The van der Waals surface area contributed by atoms with Crippen LogP contribution >= 0.6 is 0 Å². The number of anilines is 1. The average Bonchev–Trinajstić information content (AvgIpc) is 3.01. The Labute approximate surface area is 143 Å². The molecule has 0 fully saturated rings. The first kappa shape index (κ1) is 17.4. The molecule has 0 aliphatic rings. The molecule has 0 unspecified atom stereocenters. The van der Waals surface area contributed by atoms with Gasteiger partial charge in [0, 0.05) is 12.3 Å². The monoisotopic (exact) mass is 368 g/mol. The van der Waals surface area contributed by atoms with Crippen molar-refractivity contribution in [1.29, 1.82) is 0 Å². The standard InChI is InChI=1S/C14H11F3N6O3/c15-14(16,17)9-2-1-5-19-13(9)26-7-6-18-10-3-4-11-20-8-12(23(24)25)22(11)21-10/h1-5,8H,6-7H2,(H,18,21). The van der Waals surface area contributed by atoms with Gasteiger partial charge in [0.1, 0.15) is 18.4 Å². The summed E-state index contributed by atoms with van der Waals surface area (Å²) in [5.41, 5.74) is -0.671. The van der Waals surface area contributed by atoms with E-state index >= 15 is 0 Å². The van der Waals surface area contributed by atoms with Crippen LogP contribution in [-0.4, -0.2) is 37.7 Å². The van der Waals surface area contributed by atoms with Crippen LogP contribution in [0.3, 0.4) is 0 Å². The van der Waals surface area contributed by atoms with Gasteiger partial charge in [0.05, 0.1) is 6.54 Å². The van der Waals surface area contributed by atoms with Gasteiger partial charge in [-0.05, 0) is 23.1 Å². The summed E-state index contributed by atoms with van der Waals surface area (Å²) < 4.78 is 44.6. The van der Waals surface area contributed by atoms with Gasteiger partial charge in [-0.1, -0.05) is 9.61 Å². The lowest BCUT2D eigenvalue weighted by atomic mass is 10.2. The van der Waals surface area contributed by atoms with Gasteiger partial charge in [-0.25, -0.2) is 9.97 Å². The van der Waals surface area contributed by atoms with Crippen LogP contribution in [0.15, 0.2) is 36.7 Å². The molecular formula is C14H11F3N6O3. The maximum Gasteiger partial charge on any atom is 0.421 e. The van der Waals surface area contributed by atoms with Gasteiger partial charge in [0.25, 0.3) is 0 Å². The maximum atomic E-state index is 12.8. The molecule has 136 valence electrons. The van der Waals surface area contributed by atoms with Crippen molar-refractivity contribution in [3.8, 4) is 5.88 Å². The smallest absolute Gasteiger partial charge is 0.421 e. The second-order valence-electron chi connectivity index (χ2n) is 4.99. The van der Waals surface area contributed by atoms with E-state index in [9.17, 15) is 23.3 Å². The molecule has 3 aromatic heterocycles. The molecular weight excluding hydrogens is 357 g/mol. The fourth-order valence-electron chi connectivity index (χ4n) is 2.13. The second kappa shape index (κ2) is 6.82. The summed E-state index contributed by atoms with van der Waals surface area (Å²) in [5, 5.41) is 17.7. The quantitative estimate of drug-likeness (QED) is 0.405. The van der Waals surface area contributed by atoms with Crippen LogP contribution in [0.1, 0.15) is 5.56 Å². The van der Waals surface area contributed by atoms with Crippen molar-refractivity contribution in [3.05, 3.63) is 52.3 Å². The molecule has 1 N–H and O–H groups in total. The summed E-state index contributed by atoms with van der Waals surface area (Å²) >= 11 is 0. The Kier molecular flexibility index (Phi) is 4.56. The van der Waals surface area contributed by atoms with E-state index in [2.05, 4.69) is 20.4 Å². The first-order valence-electron chi connectivity index (χ1n) is 7.24. The van der Waals surface area contributed by atoms with E-state index in [-0.39, 0.29) is 24.8 Å². The Hall–Kier alpha value is -3.44. The van der Waals surface area contributed by atoms with E-state index in [4.69, 9.17) is 4.74 Å². The number of aromatic nitrogens is 4. The molecule has 3 aromatic rings. The number of ether oxygens (including phenoxy) is 1. The lowest BCUT2D eigenvalue weighted by molar-refractivity contribution is -0.391. The summed E-state index contributed by atoms with van der Waals surface area (Å²) in [5.74, 6) is -0.544. The molecule has 0 amide bonds. The number of nitro groups is 1. The van der Waals surface area contributed by atoms with Crippen LogP contribution in [0.5, 0.6) is 5.88 Å². The topological polar surface area (TPSA) is 107 Å². The van der Waals surface area contributed by atoms with E-state index < -0.39 is 22.5 Å². The number of nitrogens with zero attached hydrogens (tertiary/aromatic N) is 5. The third-order valence-electron chi connectivity index (χ3n) is 3.25. The Morgan fingerprint density at radius 1 is 1.27 bits per heavy atom. The van der Waals surface area contributed by atoms with Gasteiger partial charge < -0.3 is 20.2 Å². The molecule has 3 heterocycles. The molecule has 9 nitrogen and oxygen atoms in total. The second-order valence-corrected chi connectivity index (χ2v) is 4.99. The van der Waals surface area contributed by atoms with Gasteiger partial charge in [0.15, 0.2) is 5.82 Å².